The van der Waals surface area contributed by atoms with Gasteiger partial charge < -0.3 is 20.4 Å². The number of piperazine rings is 2. The highest BCUT2D eigenvalue weighted by molar-refractivity contribution is 5.89. The molecule has 2 heterocycles. The van der Waals surface area contributed by atoms with Gasteiger partial charge in [0.05, 0.1) is 12.5 Å². The van der Waals surface area contributed by atoms with Crippen LogP contribution < -0.4 is 10.6 Å². The van der Waals surface area contributed by atoms with Crippen LogP contribution in [0.25, 0.3) is 0 Å². The fourth-order valence-corrected chi connectivity index (χ4v) is 3.89. The Morgan fingerprint density at radius 3 is 2.50 bits per heavy atom. The number of nitrogens with one attached hydrogen (secondary N) is 2. The monoisotopic (exact) mass is 308 g/mol. The minimum absolute atomic E-state index is 0.00342. The first kappa shape index (κ1) is 15.7. The molecule has 0 radical (unpaired) electrons. The van der Waals surface area contributed by atoms with Crippen LogP contribution in [-0.2, 0) is 9.59 Å². The van der Waals surface area contributed by atoms with Crippen molar-refractivity contribution >= 4 is 11.8 Å². The van der Waals surface area contributed by atoms with E-state index in [1.54, 1.807) is 0 Å². The summed E-state index contributed by atoms with van der Waals surface area (Å²) in [6.07, 6.45) is 4.85. The Hall–Kier alpha value is -1.14. The SMILES string of the molecule is CCN1CCN(C(=O)C[C@@H]2N[C@@H]3CCCC[C@@H]3NC2=O)CC1. The minimum atomic E-state index is -0.351. The van der Waals surface area contributed by atoms with Gasteiger partial charge in [0.1, 0.15) is 0 Å². The Balaban J connectivity index is 1.51. The van der Waals surface area contributed by atoms with E-state index in [-0.39, 0.29) is 23.9 Å². The Labute approximate surface area is 132 Å². The molecule has 2 aliphatic heterocycles. The van der Waals surface area contributed by atoms with E-state index in [0.717, 1.165) is 45.6 Å². The molecule has 2 N–H and O–H groups in total. The molecule has 1 aliphatic carbocycles. The molecule has 2 amide bonds. The molecule has 0 unspecified atom stereocenters. The zero-order valence-corrected chi connectivity index (χ0v) is 13.5. The molecule has 0 spiro atoms. The topological polar surface area (TPSA) is 64.7 Å². The molecule has 3 fully saturated rings. The van der Waals surface area contributed by atoms with Gasteiger partial charge in [0, 0.05) is 38.3 Å². The fourth-order valence-electron chi connectivity index (χ4n) is 3.89. The molecule has 3 aliphatic rings. The van der Waals surface area contributed by atoms with E-state index in [1.165, 1.54) is 12.8 Å². The molecular weight excluding hydrogens is 280 g/mol. The number of fused-ring (bicyclic) bond motifs is 1. The van der Waals surface area contributed by atoms with Crippen LogP contribution in [0.2, 0.25) is 0 Å². The lowest BCUT2D eigenvalue weighted by atomic mass is 9.87. The number of carbonyl (C=O) groups excluding carboxylic acids is 2. The zero-order chi connectivity index (χ0) is 15.5. The van der Waals surface area contributed by atoms with Gasteiger partial charge >= 0.3 is 0 Å². The highest BCUT2D eigenvalue weighted by Crippen LogP contribution is 2.22. The van der Waals surface area contributed by atoms with Crippen LogP contribution in [0, 0.1) is 0 Å². The first-order valence-corrected chi connectivity index (χ1v) is 8.74. The summed E-state index contributed by atoms with van der Waals surface area (Å²) in [5, 5.41) is 6.54. The molecule has 2 saturated heterocycles. The summed E-state index contributed by atoms with van der Waals surface area (Å²) in [5.74, 6) is 0.112. The maximum atomic E-state index is 12.5. The number of hydrogen-bond donors (Lipinski definition) is 2. The van der Waals surface area contributed by atoms with Gasteiger partial charge in [-0.2, -0.15) is 0 Å². The number of nitrogens with zero attached hydrogens (tertiary/aromatic N) is 2. The van der Waals surface area contributed by atoms with Crippen LogP contribution in [0.5, 0.6) is 0 Å². The highest BCUT2D eigenvalue weighted by atomic mass is 16.2. The van der Waals surface area contributed by atoms with Crippen molar-refractivity contribution in [2.45, 2.75) is 57.2 Å². The lowest BCUT2D eigenvalue weighted by molar-refractivity contribution is -0.137. The molecule has 124 valence electrons. The van der Waals surface area contributed by atoms with Crippen molar-refractivity contribution in [3.8, 4) is 0 Å². The average Bonchev–Trinajstić information content (AvgIpc) is 2.55. The summed E-state index contributed by atoms with van der Waals surface area (Å²) in [7, 11) is 0. The van der Waals surface area contributed by atoms with E-state index in [9.17, 15) is 9.59 Å². The number of carbonyl (C=O) groups is 2. The fraction of sp³-hybridized carbons (Fsp3) is 0.875. The van der Waals surface area contributed by atoms with Crippen molar-refractivity contribution in [3.63, 3.8) is 0 Å². The minimum Gasteiger partial charge on any atom is -0.350 e. The second-order valence-corrected chi connectivity index (χ2v) is 6.74. The van der Waals surface area contributed by atoms with Crippen molar-refractivity contribution < 1.29 is 9.59 Å². The smallest absolute Gasteiger partial charge is 0.237 e. The summed E-state index contributed by atoms with van der Waals surface area (Å²) in [6.45, 7) is 6.64. The van der Waals surface area contributed by atoms with Crippen LogP contribution in [0.4, 0.5) is 0 Å². The largest absolute Gasteiger partial charge is 0.350 e. The number of rotatable bonds is 3. The highest BCUT2D eigenvalue weighted by Gasteiger charge is 2.37. The van der Waals surface area contributed by atoms with Gasteiger partial charge in [0.2, 0.25) is 11.8 Å². The Morgan fingerprint density at radius 2 is 1.82 bits per heavy atom. The number of hydrogen-bond acceptors (Lipinski definition) is 4. The summed E-state index contributed by atoms with van der Waals surface area (Å²) < 4.78 is 0. The lowest BCUT2D eigenvalue weighted by Crippen LogP contribution is -2.65. The maximum absolute atomic E-state index is 12.5. The lowest BCUT2D eigenvalue weighted by Gasteiger charge is -2.41. The average molecular weight is 308 g/mol. The molecule has 0 aromatic carbocycles. The van der Waals surface area contributed by atoms with E-state index >= 15 is 0 Å². The molecular formula is C16H28N4O2. The second kappa shape index (κ2) is 6.96. The molecule has 6 nitrogen and oxygen atoms in total. The van der Waals surface area contributed by atoms with Crippen LogP contribution in [-0.4, -0.2) is 72.5 Å². The third-order valence-electron chi connectivity index (χ3n) is 5.38. The summed E-state index contributed by atoms with van der Waals surface area (Å²) in [5.41, 5.74) is 0. The molecule has 0 aromatic rings. The predicted octanol–water partition coefficient (Wildman–Crippen LogP) is -0.0602. The summed E-state index contributed by atoms with van der Waals surface area (Å²) in [6, 6.07) is 0.262. The maximum Gasteiger partial charge on any atom is 0.237 e. The van der Waals surface area contributed by atoms with Crippen molar-refractivity contribution in [1.29, 1.82) is 0 Å². The van der Waals surface area contributed by atoms with Crippen LogP contribution in [0.15, 0.2) is 0 Å². The molecule has 0 aromatic heterocycles. The van der Waals surface area contributed by atoms with Crippen molar-refractivity contribution in [2.75, 3.05) is 32.7 Å². The van der Waals surface area contributed by atoms with Gasteiger partial charge in [0.25, 0.3) is 0 Å². The van der Waals surface area contributed by atoms with Crippen molar-refractivity contribution in [2.24, 2.45) is 0 Å². The molecule has 6 heteroatoms. The Morgan fingerprint density at radius 1 is 1.14 bits per heavy atom. The molecule has 22 heavy (non-hydrogen) atoms. The van der Waals surface area contributed by atoms with E-state index in [0.29, 0.717) is 12.5 Å². The standard InChI is InChI=1S/C16H28N4O2/c1-2-19-7-9-20(10-8-19)15(21)11-14-16(22)18-13-6-4-3-5-12(13)17-14/h12-14,17H,2-11H2,1H3,(H,18,22)/t12-,13+,14+/m1/s1. The molecule has 3 atom stereocenters. The second-order valence-electron chi connectivity index (χ2n) is 6.74. The molecule has 1 saturated carbocycles. The summed E-state index contributed by atoms with van der Waals surface area (Å²) >= 11 is 0. The van der Waals surface area contributed by atoms with Gasteiger partial charge in [0.15, 0.2) is 0 Å². The van der Waals surface area contributed by atoms with Crippen molar-refractivity contribution in [1.82, 2.24) is 20.4 Å². The predicted molar refractivity (Wildman–Crippen MR) is 84.4 cm³/mol. The van der Waals surface area contributed by atoms with E-state index < -0.39 is 0 Å². The van der Waals surface area contributed by atoms with Crippen molar-refractivity contribution in [3.05, 3.63) is 0 Å². The van der Waals surface area contributed by atoms with Crippen LogP contribution in [0.3, 0.4) is 0 Å². The normalized spacial score (nSPS) is 33.2. The Kier molecular flexibility index (Phi) is 4.98. The quantitative estimate of drug-likeness (QED) is 0.767. The Bertz CT molecular complexity index is 420. The third-order valence-corrected chi connectivity index (χ3v) is 5.38. The third kappa shape index (κ3) is 3.43. The van der Waals surface area contributed by atoms with Gasteiger partial charge in [-0.3, -0.25) is 9.59 Å². The molecule has 3 rings (SSSR count). The first-order valence-electron chi connectivity index (χ1n) is 8.74. The zero-order valence-electron chi connectivity index (χ0n) is 13.5. The number of likely N-dealkylation sites (N-methyl/N-ethyl adjacent to an activating group) is 1. The van der Waals surface area contributed by atoms with E-state index in [4.69, 9.17) is 0 Å². The van der Waals surface area contributed by atoms with Gasteiger partial charge in [-0.15, -0.1) is 0 Å². The number of amides is 2. The van der Waals surface area contributed by atoms with E-state index in [2.05, 4.69) is 22.5 Å². The molecule has 0 bridgehead atoms. The van der Waals surface area contributed by atoms with Gasteiger partial charge in [-0.05, 0) is 19.4 Å². The summed E-state index contributed by atoms with van der Waals surface area (Å²) in [4.78, 5) is 28.9. The van der Waals surface area contributed by atoms with Crippen LogP contribution in [0.1, 0.15) is 39.0 Å². The van der Waals surface area contributed by atoms with E-state index in [1.807, 2.05) is 4.90 Å². The van der Waals surface area contributed by atoms with Gasteiger partial charge in [-0.25, -0.2) is 0 Å². The van der Waals surface area contributed by atoms with Crippen LogP contribution >= 0.6 is 0 Å². The van der Waals surface area contributed by atoms with Gasteiger partial charge in [-0.1, -0.05) is 19.8 Å². The first-order chi connectivity index (χ1) is 10.7.